The summed E-state index contributed by atoms with van der Waals surface area (Å²) >= 11 is 0. The summed E-state index contributed by atoms with van der Waals surface area (Å²) in [6.07, 6.45) is 0. The topological polar surface area (TPSA) is 36.9 Å². The highest BCUT2D eigenvalue weighted by molar-refractivity contribution is 5.99. The van der Waals surface area contributed by atoms with Crippen LogP contribution in [0, 0.1) is 0 Å². The van der Waals surface area contributed by atoms with Crippen LogP contribution in [-0.4, -0.2) is 38.0 Å². The van der Waals surface area contributed by atoms with Crippen LogP contribution in [0.15, 0.2) is 29.3 Å². The molecular formula is C12H17N3O. The van der Waals surface area contributed by atoms with Gasteiger partial charge in [-0.1, -0.05) is 24.3 Å². The maximum atomic E-state index is 4.81. The minimum absolute atomic E-state index is 0.721. The van der Waals surface area contributed by atoms with E-state index in [2.05, 4.69) is 46.7 Å². The molecule has 0 bridgehead atoms. The summed E-state index contributed by atoms with van der Waals surface area (Å²) in [5.41, 5.74) is 5.20. The van der Waals surface area contributed by atoms with Crippen LogP contribution in [0.2, 0.25) is 0 Å². The third-order valence-corrected chi connectivity index (χ3v) is 2.69. The Balaban J connectivity index is 2.07. The molecule has 0 radical (unpaired) electrons. The van der Waals surface area contributed by atoms with Gasteiger partial charge in [0, 0.05) is 25.7 Å². The quantitative estimate of drug-likeness (QED) is 0.768. The van der Waals surface area contributed by atoms with E-state index in [0.29, 0.717) is 0 Å². The van der Waals surface area contributed by atoms with Crippen LogP contribution in [0.3, 0.4) is 0 Å². The first-order chi connectivity index (χ1) is 7.81. The lowest BCUT2D eigenvalue weighted by molar-refractivity contribution is 0.0867. The molecule has 0 aromatic heterocycles. The monoisotopic (exact) mass is 219 g/mol. The molecule has 0 saturated heterocycles. The van der Waals surface area contributed by atoms with E-state index in [-0.39, 0.29) is 0 Å². The second-order valence-corrected chi connectivity index (χ2v) is 3.85. The van der Waals surface area contributed by atoms with Gasteiger partial charge >= 0.3 is 0 Å². The van der Waals surface area contributed by atoms with E-state index in [0.717, 1.165) is 25.5 Å². The molecule has 0 atom stereocenters. The minimum Gasteiger partial charge on any atom is -0.358 e. The predicted molar refractivity (Wildman–Crippen MR) is 64.3 cm³/mol. The molecule has 4 heteroatoms. The molecule has 1 aromatic rings. The van der Waals surface area contributed by atoms with Gasteiger partial charge in [-0.3, -0.25) is 4.99 Å². The normalized spacial score (nSPS) is 15.4. The fourth-order valence-electron chi connectivity index (χ4n) is 1.77. The molecule has 0 amide bonds. The summed E-state index contributed by atoms with van der Waals surface area (Å²) in [4.78, 5) is 11.5. The van der Waals surface area contributed by atoms with E-state index in [1.165, 1.54) is 11.1 Å². The Labute approximate surface area is 95.9 Å². The molecule has 1 heterocycles. The molecule has 86 valence electrons. The molecule has 0 saturated carbocycles. The smallest absolute Gasteiger partial charge is 0.130 e. The number of aliphatic imine (C=N–C) groups is 1. The highest BCUT2D eigenvalue weighted by Crippen LogP contribution is 2.11. The average Bonchev–Trinajstić information content (AvgIpc) is 2.74. The van der Waals surface area contributed by atoms with Crippen molar-refractivity contribution in [3.8, 4) is 0 Å². The van der Waals surface area contributed by atoms with Crippen molar-refractivity contribution >= 4 is 5.84 Å². The van der Waals surface area contributed by atoms with Gasteiger partial charge in [0.1, 0.15) is 5.84 Å². The van der Waals surface area contributed by atoms with Crippen molar-refractivity contribution in [2.75, 3.05) is 27.2 Å². The molecule has 0 fully saturated rings. The molecule has 4 nitrogen and oxygen atoms in total. The number of likely N-dealkylation sites (N-methyl/N-ethyl adjacent to an activating group) is 1. The van der Waals surface area contributed by atoms with Gasteiger partial charge < -0.3 is 9.74 Å². The van der Waals surface area contributed by atoms with Crippen LogP contribution in [0.25, 0.3) is 0 Å². The molecule has 0 unspecified atom stereocenters. The molecular weight excluding hydrogens is 202 g/mol. The molecule has 16 heavy (non-hydrogen) atoms. The number of hydrogen-bond acceptors (Lipinski definition) is 4. The maximum absolute atomic E-state index is 4.81. The van der Waals surface area contributed by atoms with Gasteiger partial charge in [-0.15, -0.1) is 0 Å². The number of nitrogens with zero attached hydrogens (tertiary/aromatic N) is 2. The molecule has 1 aromatic carbocycles. The number of amidine groups is 1. The lowest BCUT2D eigenvalue weighted by Crippen LogP contribution is -2.23. The zero-order valence-corrected chi connectivity index (χ0v) is 9.73. The largest absolute Gasteiger partial charge is 0.358 e. The van der Waals surface area contributed by atoms with Gasteiger partial charge in [-0.25, -0.2) is 0 Å². The number of nitrogens with one attached hydrogen (secondary N) is 1. The van der Waals surface area contributed by atoms with Gasteiger partial charge in [-0.05, 0) is 5.56 Å². The van der Waals surface area contributed by atoms with Crippen LogP contribution in [0.5, 0.6) is 0 Å². The Morgan fingerprint density at radius 1 is 1.38 bits per heavy atom. The molecule has 0 aliphatic carbocycles. The van der Waals surface area contributed by atoms with Crippen molar-refractivity contribution in [1.82, 2.24) is 10.4 Å². The van der Waals surface area contributed by atoms with Crippen LogP contribution in [-0.2, 0) is 11.4 Å². The lowest BCUT2D eigenvalue weighted by Gasteiger charge is -2.13. The van der Waals surface area contributed by atoms with Crippen molar-refractivity contribution in [2.45, 2.75) is 6.54 Å². The van der Waals surface area contributed by atoms with E-state index in [9.17, 15) is 0 Å². The first-order valence-corrected chi connectivity index (χ1v) is 5.42. The molecule has 1 aliphatic rings. The van der Waals surface area contributed by atoms with Crippen molar-refractivity contribution in [3.05, 3.63) is 35.4 Å². The average molecular weight is 219 g/mol. The summed E-state index contributed by atoms with van der Waals surface area (Å²) in [7, 11) is 3.70. The molecule has 1 N–H and O–H groups in total. The Hall–Kier alpha value is -1.39. The minimum atomic E-state index is 0.721. The van der Waals surface area contributed by atoms with Crippen molar-refractivity contribution in [2.24, 2.45) is 4.99 Å². The summed E-state index contributed by atoms with van der Waals surface area (Å²) in [5.74, 6) is 1.09. The van der Waals surface area contributed by atoms with E-state index < -0.39 is 0 Å². The summed E-state index contributed by atoms with van der Waals surface area (Å²) in [5, 5.41) is 0. The van der Waals surface area contributed by atoms with Crippen LogP contribution < -0.4 is 5.48 Å². The Morgan fingerprint density at radius 3 is 2.69 bits per heavy atom. The first-order valence-electron chi connectivity index (χ1n) is 5.42. The van der Waals surface area contributed by atoms with Gasteiger partial charge in [0.2, 0.25) is 0 Å². The van der Waals surface area contributed by atoms with Crippen LogP contribution in [0.1, 0.15) is 11.1 Å². The van der Waals surface area contributed by atoms with Gasteiger partial charge in [0.05, 0.1) is 13.7 Å². The van der Waals surface area contributed by atoms with E-state index in [1.807, 2.05) is 0 Å². The standard InChI is InChI=1S/C12H17N3O/c1-15-8-7-13-12(15)11-5-3-10(4-6-11)9-14-16-2/h3-6,14H,7-9H2,1-2H3. The van der Waals surface area contributed by atoms with Gasteiger partial charge in [0.25, 0.3) is 0 Å². The number of rotatable bonds is 4. The summed E-state index contributed by atoms with van der Waals surface area (Å²) in [6.45, 7) is 2.64. The Kier molecular flexibility index (Phi) is 3.54. The first kappa shape index (κ1) is 11.1. The third-order valence-electron chi connectivity index (χ3n) is 2.69. The molecule has 0 spiro atoms. The zero-order valence-electron chi connectivity index (χ0n) is 9.73. The zero-order chi connectivity index (χ0) is 11.4. The van der Waals surface area contributed by atoms with Crippen LogP contribution in [0.4, 0.5) is 0 Å². The fourth-order valence-corrected chi connectivity index (χ4v) is 1.77. The van der Waals surface area contributed by atoms with Gasteiger partial charge in [-0.2, -0.15) is 5.48 Å². The Bertz CT molecular complexity index is 372. The summed E-state index contributed by atoms with van der Waals surface area (Å²) in [6, 6.07) is 8.40. The highest BCUT2D eigenvalue weighted by Gasteiger charge is 2.13. The van der Waals surface area contributed by atoms with Crippen molar-refractivity contribution in [3.63, 3.8) is 0 Å². The SMILES string of the molecule is CONCc1ccc(C2=NCCN2C)cc1. The predicted octanol–water partition coefficient (Wildman–Crippen LogP) is 1.03. The summed E-state index contributed by atoms with van der Waals surface area (Å²) < 4.78 is 0. The maximum Gasteiger partial charge on any atom is 0.130 e. The van der Waals surface area contributed by atoms with E-state index in [1.54, 1.807) is 7.11 Å². The van der Waals surface area contributed by atoms with Gasteiger partial charge in [0.15, 0.2) is 0 Å². The van der Waals surface area contributed by atoms with Crippen LogP contribution >= 0.6 is 0 Å². The second-order valence-electron chi connectivity index (χ2n) is 3.85. The molecule has 2 rings (SSSR count). The van der Waals surface area contributed by atoms with E-state index >= 15 is 0 Å². The number of hydroxylamine groups is 1. The fraction of sp³-hybridized carbons (Fsp3) is 0.417. The highest BCUT2D eigenvalue weighted by atomic mass is 16.6. The number of benzene rings is 1. The second kappa shape index (κ2) is 5.09. The third kappa shape index (κ3) is 2.40. The lowest BCUT2D eigenvalue weighted by atomic mass is 10.1. The molecule has 1 aliphatic heterocycles. The van der Waals surface area contributed by atoms with Crippen molar-refractivity contribution in [1.29, 1.82) is 0 Å². The Morgan fingerprint density at radius 2 is 2.12 bits per heavy atom. The van der Waals surface area contributed by atoms with Crippen molar-refractivity contribution < 1.29 is 4.84 Å². The number of hydrogen-bond donors (Lipinski definition) is 1. The van der Waals surface area contributed by atoms with E-state index in [4.69, 9.17) is 4.84 Å².